The molecule has 15 heteroatoms. The number of thiazole rings is 1. The van der Waals surface area contributed by atoms with E-state index in [1.165, 1.54) is 29.0 Å². The van der Waals surface area contributed by atoms with E-state index in [4.69, 9.17) is 15.2 Å². The summed E-state index contributed by atoms with van der Waals surface area (Å²) in [5.41, 5.74) is 6.52. The van der Waals surface area contributed by atoms with Gasteiger partial charge in [-0.3, -0.25) is 24.3 Å². The van der Waals surface area contributed by atoms with E-state index >= 15 is 0 Å². The van der Waals surface area contributed by atoms with E-state index in [2.05, 4.69) is 20.4 Å². The number of pyridine rings is 1. The van der Waals surface area contributed by atoms with Crippen molar-refractivity contribution in [2.75, 3.05) is 11.5 Å². The van der Waals surface area contributed by atoms with E-state index in [1.807, 2.05) is 19.9 Å². The standard InChI is InChI=1S/C27H30N6O7S2/c1-4-16(5-2)25(36)39-14(3)40-26(37)21-17(9-8-15-7-6-10-29-11-15)12-41-24-20(23(35)33(21)24)31-22(34)19(32-38)18-13-42-27(28)30-18/h6-11,13-14,16,20,24,38H,4-5,12H2,1-3H3,(H2,28,30)(H,31,34)/b9-8-,32-19?/t14?,20-,24+/m1/s1. The van der Waals surface area contributed by atoms with Crippen molar-refractivity contribution in [2.45, 2.75) is 51.3 Å². The van der Waals surface area contributed by atoms with Gasteiger partial charge in [0.25, 0.3) is 11.8 Å². The number of nitrogens with zero attached hydrogens (tertiary/aromatic N) is 4. The molecule has 0 aromatic carbocycles. The highest BCUT2D eigenvalue weighted by Crippen LogP contribution is 2.41. The zero-order valence-corrected chi connectivity index (χ0v) is 24.7. The molecule has 0 radical (unpaired) electrons. The maximum atomic E-state index is 13.4. The van der Waals surface area contributed by atoms with Gasteiger partial charge in [-0.05, 0) is 30.0 Å². The van der Waals surface area contributed by atoms with Gasteiger partial charge in [0.1, 0.15) is 22.8 Å². The number of β-lactam (4-membered cyclic amide) rings is 1. The van der Waals surface area contributed by atoms with Crippen molar-refractivity contribution >= 4 is 63.8 Å². The van der Waals surface area contributed by atoms with E-state index in [9.17, 15) is 24.4 Å². The fourth-order valence-corrected chi connectivity index (χ4v) is 6.23. The Balaban J connectivity index is 1.55. The first kappa shape index (κ1) is 30.7. The lowest BCUT2D eigenvalue weighted by Crippen LogP contribution is -2.71. The Morgan fingerprint density at radius 3 is 2.67 bits per heavy atom. The molecule has 2 aromatic rings. The monoisotopic (exact) mass is 614 g/mol. The number of esters is 2. The summed E-state index contributed by atoms with van der Waals surface area (Å²) >= 11 is 2.38. The van der Waals surface area contributed by atoms with Gasteiger partial charge in [0, 0.05) is 30.5 Å². The molecule has 1 unspecified atom stereocenters. The highest BCUT2D eigenvalue weighted by molar-refractivity contribution is 8.00. The number of oxime groups is 1. The van der Waals surface area contributed by atoms with E-state index in [1.54, 1.807) is 30.6 Å². The molecule has 1 saturated heterocycles. The second kappa shape index (κ2) is 13.6. The molecule has 1 fully saturated rings. The Kier molecular flexibility index (Phi) is 9.96. The molecule has 0 saturated carbocycles. The Labute approximate surface area is 249 Å². The Morgan fingerprint density at radius 2 is 2.05 bits per heavy atom. The van der Waals surface area contributed by atoms with Crippen molar-refractivity contribution in [1.82, 2.24) is 20.2 Å². The summed E-state index contributed by atoms with van der Waals surface area (Å²) in [6.45, 7) is 5.16. The number of ether oxygens (including phenoxy) is 2. The van der Waals surface area contributed by atoms with Crippen LogP contribution >= 0.6 is 23.1 Å². The van der Waals surface area contributed by atoms with Crippen LogP contribution in [0, 0.1) is 5.92 Å². The number of anilines is 1. The fraction of sp³-hybridized carbons (Fsp3) is 0.370. The molecule has 42 heavy (non-hydrogen) atoms. The van der Waals surface area contributed by atoms with Crippen LogP contribution in [-0.4, -0.2) is 73.0 Å². The molecule has 4 rings (SSSR count). The van der Waals surface area contributed by atoms with Gasteiger partial charge < -0.3 is 25.7 Å². The number of fused-ring (bicyclic) bond motifs is 1. The van der Waals surface area contributed by atoms with Crippen molar-refractivity contribution < 1.29 is 33.9 Å². The van der Waals surface area contributed by atoms with Crippen molar-refractivity contribution in [3.8, 4) is 0 Å². The molecule has 0 aliphatic carbocycles. The molecule has 3 atom stereocenters. The number of allylic oxidation sites excluding steroid dienone is 1. The maximum absolute atomic E-state index is 13.4. The Morgan fingerprint density at radius 1 is 1.29 bits per heavy atom. The van der Waals surface area contributed by atoms with Crippen molar-refractivity contribution in [3.05, 3.63) is 58.5 Å². The average molecular weight is 615 g/mol. The Hall–Kier alpha value is -4.24. The molecule has 2 aliphatic heterocycles. The predicted molar refractivity (Wildman–Crippen MR) is 156 cm³/mol. The number of amides is 2. The molecule has 13 nitrogen and oxygen atoms in total. The average Bonchev–Trinajstić information content (AvgIpc) is 3.41. The lowest BCUT2D eigenvalue weighted by molar-refractivity contribution is -0.187. The lowest BCUT2D eigenvalue weighted by atomic mass is 10.0. The van der Waals surface area contributed by atoms with Crippen LogP contribution < -0.4 is 11.1 Å². The highest BCUT2D eigenvalue weighted by atomic mass is 32.2. The number of nitrogens with one attached hydrogen (secondary N) is 1. The van der Waals surface area contributed by atoms with Gasteiger partial charge in [0.15, 0.2) is 10.8 Å². The van der Waals surface area contributed by atoms with Crippen LogP contribution in [0.4, 0.5) is 5.13 Å². The minimum absolute atomic E-state index is 0.0249. The zero-order chi connectivity index (χ0) is 30.4. The topological polar surface area (TPSA) is 186 Å². The third-order valence-electron chi connectivity index (χ3n) is 6.59. The lowest BCUT2D eigenvalue weighted by Gasteiger charge is -2.49. The first-order chi connectivity index (χ1) is 20.2. The van der Waals surface area contributed by atoms with E-state index in [0.29, 0.717) is 24.2 Å². The summed E-state index contributed by atoms with van der Waals surface area (Å²) in [5.74, 6) is -2.77. The quantitative estimate of drug-likeness (QED) is 0.0843. The molecular weight excluding hydrogens is 584 g/mol. The molecule has 0 spiro atoms. The molecule has 2 aliphatic rings. The number of thioether (sulfide) groups is 1. The minimum atomic E-state index is -1.20. The van der Waals surface area contributed by atoms with Crippen LogP contribution in [0.3, 0.4) is 0 Å². The fourth-order valence-electron chi connectivity index (χ4n) is 4.36. The van der Waals surface area contributed by atoms with Crippen LogP contribution in [0.25, 0.3) is 6.08 Å². The van der Waals surface area contributed by atoms with Crippen molar-refractivity contribution in [1.29, 1.82) is 0 Å². The predicted octanol–water partition coefficient (Wildman–Crippen LogP) is 2.53. The summed E-state index contributed by atoms with van der Waals surface area (Å²) in [4.78, 5) is 61.3. The third kappa shape index (κ3) is 6.62. The smallest absolute Gasteiger partial charge is 0.358 e. The normalized spacial score (nSPS) is 19.4. The van der Waals surface area contributed by atoms with Gasteiger partial charge in [0.2, 0.25) is 6.29 Å². The van der Waals surface area contributed by atoms with E-state index in [0.717, 1.165) is 16.9 Å². The van der Waals surface area contributed by atoms with Gasteiger partial charge in [-0.1, -0.05) is 37.2 Å². The van der Waals surface area contributed by atoms with Crippen LogP contribution in [0.2, 0.25) is 0 Å². The number of carbonyl (C=O) groups excluding carboxylic acids is 4. The van der Waals surface area contributed by atoms with Crippen LogP contribution in [0.1, 0.15) is 44.9 Å². The summed E-state index contributed by atoms with van der Waals surface area (Å²) in [5, 5.41) is 16.0. The second-order valence-corrected chi connectivity index (χ2v) is 11.3. The molecule has 4 heterocycles. The number of rotatable bonds is 11. The molecular formula is C27H30N6O7S2. The second-order valence-electron chi connectivity index (χ2n) is 9.30. The number of carbonyl (C=O) groups is 4. The summed E-state index contributed by atoms with van der Waals surface area (Å²) < 4.78 is 10.8. The first-order valence-electron chi connectivity index (χ1n) is 13.1. The molecule has 2 amide bonds. The van der Waals surface area contributed by atoms with Gasteiger partial charge >= 0.3 is 11.9 Å². The molecule has 222 valence electrons. The largest absolute Gasteiger partial charge is 0.425 e. The van der Waals surface area contributed by atoms with Crippen molar-refractivity contribution in [2.24, 2.45) is 11.1 Å². The van der Waals surface area contributed by atoms with Crippen LogP contribution in [0.5, 0.6) is 0 Å². The SMILES string of the molecule is CCC(CC)C(=O)OC(C)OC(=O)C1=C(/C=C\c2cccnc2)CS[C@H]2[C@H](NC(=O)C(=NO)c3csc(N)n3)C(=O)N12. The van der Waals surface area contributed by atoms with Gasteiger partial charge in [0.05, 0.1) is 5.92 Å². The highest BCUT2D eigenvalue weighted by Gasteiger charge is 2.54. The molecule has 0 bridgehead atoms. The van der Waals surface area contributed by atoms with Crippen LogP contribution in [-0.2, 0) is 28.7 Å². The summed E-state index contributed by atoms with van der Waals surface area (Å²) in [7, 11) is 0. The van der Waals surface area contributed by atoms with Gasteiger partial charge in [-0.25, -0.2) is 9.78 Å². The van der Waals surface area contributed by atoms with E-state index in [-0.39, 0.29) is 22.4 Å². The number of nitrogen functional groups attached to an aromatic ring is 1. The van der Waals surface area contributed by atoms with Gasteiger partial charge in [-0.2, -0.15) is 0 Å². The zero-order valence-electron chi connectivity index (χ0n) is 23.1. The number of hydrogen-bond donors (Lipinski definition) is 3. The molecule has 4 N–H and O–H groups in total. The first-order valence-corrected chi connectivity index (χ1v) is 15.0. The molecule has 2 aromatic heterocycles. The number of nitrogens with two attached hydrogens (primary N) is 1. The maximum Gasteiger partial charge on any atom is 0.358 e. The third-order valence-corrected chi connectivity index (χ3v) is 8.57. The summed E-state index contributed by atoms with van der Waals surface area (Å²) in [6.07, 6.45) is 6.68. The van der Waals surface area contributed by atoms with Gasteiger partial charge in [-0.15, -0.1) is 23.1 Å². The number of aromatic nitrogens is 2. The van der Waals surface area contributed by atoms with E-state index < -0.39 is 47.2 Å². The van der Waals surface area contributed by atoms with Crippen LogP contribution in [0.15, 0.2) is 52.4 Å². The summed E-state index contributed by atoms with van der Waals surface area (Å²) in [6, 6.07) is 2.57. The minimum Gasteiger partial charge on any atom is -0.425 e. The van der Waals surface area contributed by atoms with Crippen molar-refractivity contribution in [3.63, 3.8) is 0 Å². The number of hydrogen-bond acceptors (Lipinski definition) is 13. The Bertz CT molecular complexity index is 1440.